The van der Waals surface area contributed by atoms with Crippen LogP contribution in [0.15, 0.2) is 10.4 Å². The Labute approximate surface area is 159 Å². The number of rotatable bonds is 4. The molecule has 1 aliphatic heterocycles. The number of thiazole rings is 1. The van der Waals surface area contributed by atoms with E-state index < -0.39 is 0 Å². The van der Waals surface area contributed by atoms with Crippen LogP contribution in [-0.4, -0.2) is 38.3 Å². The third-order valence-corrected chi connectivity index (χ3v) is 5.18. The van der Waals surface area contributed by atoms with Gasteiger partial charge in [-0.3, -0.25) is 0 Å². The van der Waals surface area contributed by atoms with Gasteiger partial charge in [-0.2, -0.15) is 5.10 Å². The first-order chi connectivity index (χ1) is 12.3. The average Bonchev–Trinajstić information content (AvgIpc) is 3.17. The molecule has 1 unspecified atom stereocenters. The maximum Gasteiger partial charge on any atom is 0.191 e. The fraction of sp³-hybridized carbons (Fsp3) is 0.667. The maximum atomic E-state index is 4.73. The van der Waals surface area contributed by atoms with Crippen molar-refractivity contribution in [1.29, 1.82) is 0 Å². The second-order valence-corrected chi connectivity index (χ2v) is 8.65. The first-order valence-electron chi connectivity index (χ1n) is 9.25. The molecule has 0 radical (unpaired) electrons. The van der Waals surface area contributed by atoms with Crippen molar-refractivity contribution >= 4 is 17.3 Å². The Hall–Kier alpha value is -1.96. The van der Waals surface area contributed by atoms with E-state index in [0.29, 0.717) is 12.6 Å². The Kier molecular flexibility index (Phi) is 5.60. The van der Waals surface area contributed by atoms with E-state index in [1.165, 1.54) is 0 Å². The molecule has 0 spiro atoms. The number of hydrogen-bond acceptors (Lipinski definition) is 5. The molecule has 2 aromatic rings. The molecular weight excluding hydrogens is 346 g/mol. The minimum Gasteiger partial charge on any atom is -0.357 e. The summed E-state index contributed by atoms with van der Waals surface area (Å²) in [4.78, 5) is 13.9. The van der Waals surface area contributed by atoms with Gasteiger partial charge < -0.3 is 10.6 Å². The van der Waals surface area contributed by atoms with E-state index in [2.05, 4.69) is 53.8 Å². The van der Waals surface area contributed by atoms with Gasteiger partial charge in [0.2, 0.25) is 0 Å². The van der Waals surface area contributed by atoms with Crippen LogP contribution < -0.4 is 10.6 Å². The highest BCUT2D eigenvalue weighted by Gasteiger charge is 2.22. The second kappa shape index (κ2) is 7.73. The van der Waals surface area contributed by atoms with Crippen molar-refractivity contribution in [3.63, 3.8) is 0 Å². The van der Waals surface area contributed by atoms with E-state index in [9.17, 15) is 0 Å². The lowest BCUT2D eigenvalue weighted by molar-refractivity contribution is 0.392. The fourth-order valence-corrected chi connectivity index (χ4v) is 3.88. The molecule has 2 N–H and O–H groups in total. The zero-order valence-corrected chi connectivity index (χ0v) is 17.2. The average molecular weight is 376 g/mol. The molecule has 0 aromatic carbocycles. The zero-order valence-electron chi connectivity index (χ0n) is 16.3. The molecule has 142 valence electrons. The smallest absolute Gasteiger partial charge is 0.191 e. The Morgan fingerprint density at radius 2 is 2.19 bits per heavy atom. The molecule has 7 nitrogen and oxygen atoms in total. The van der Waals surface area contributed by atoms with E-state index in [1.807, 2.05) is 11.6 Å². The van der Waals surface area contributed by atoms with Crippen LogP contribution in [0.4, 0.5) is 0 Å². The molecule has 0 saturated heterocycles. The number of nitrogens with one attached hydrogen (secondary N) is 2. The van der Waals surface area contributed by atoms with Crippen LogP contribution in [0.3, 0.4) is 0 Å². The van der Waals surface area contributed by atoms with E-state index >= 15 is 0 Å². The summed E-state index contributed by atoms with van der Waals surface area (Å²) >= 11 is 1.68. The highest BCUT2D eigenvalue weighted by atomic mass is 32.1. The summed E-state index contributed by atoms with van der Waals surface area (Å²) in [6, 6.07) is 0.308. The number of aliphatic imine (C=N–C) groups is 1. The second-order valence-electron chi connectivity index (χ2n) is 7.71. The highest BCUT2D eigenvalue weighted by molar-refractivity contribution is 7.09. The van der Waals surface area contributed by atoms with E-state index in [4.69, 9.17) is 9.98 Å². The Balaban J connectivity index is 1.63. The van der Waals surface area contributed by atoms with Gasteiger partial charge in [0.25, 0.3) is 0 Å². The quantitative estimate of drug-likeness (QED) is 0.634. The first-order valence-corrected chi connectivity index (χ1v) is 10.1. The minimum atomic E-state index is 0.0803. The van der Waals surface area contributed by atoms with Gasteiger partial charge in [-0.05, 0) is 20.3 Å². The summed E-state index contributed by atoms with van der Waals surface area (Å²) in [6.07, 6.45) is 1.98. The predicted molar refractivity (Wildman–Crippen MR) is 106 cm³/mol. The van der Waals surface area contributed by atoms with Gasteiger partial charge in [0.05, 0.1) is 18.8 Å². The molecule has 1 aliphatic rings. The third kappa shape index (κ3) is 4.60. The Bertz CT molecular complexity index is 769. The lowest BCUT2D eigenvalue weighted by Crippen LogP contribution is -2.47. The summed E-state index contributed by atoms with van der Waals surface area (Å²) in [5.41, 5.74) is 1.21. The van der Waals surface area contributed by atoms with Crippen molar-refractivity contribution in [2.24, 2.45) is 4.99 Å². The van der Waals surface area contributed by atoms with Crippen LogP contribution in [0.1, 0.15) is 56.5 Å². The van der Waals surface area contributed by atoms with Crippen LogP contribution >= 0.6 is 11.3 Å². The fourth-order valence-electron chi connectivity index (χ4n) is 2.94. The monoisotopic (exact) mass is 375 g/mol. The van der Waals surface area contributed by atoms with Crippen molar-refractivity contribution in [1.82, 2.24) is 30.4 Å². The molecule has 1 atom stereocenters. The van der Waals surface area contributed by atoms with Gasteiger partial charge >= 0.3 is 0 Å². The van der Waals surface area contributed by atoms with Crippen molar-refractivity contribution in [2.45, 2.75) is 72.0 Å². The number of nitrogens with zero attached hydrogens (tertiary/aromatic N) is 5. The molecule has 8 heteroatoms. The van der Waals surface area contributed by atoms with E-state index in [-0.39, 0.29) is 5.41 Å². The SMILES string of the molecule is CCNC(=NCc1nc(C(C)(C)C)cs1)NC1CCc2nc(C)nn2C1. The van der Waals surface area contributed by atoms with Crippen LogP contribution in [0, 0.1) is 6.92 Å². The number of fused-ring (bicyclic) bond motifs is 1. The molecule has 26 heavy (non-hydrogen) atoms. The third-order valence-electron chi connectivity index (χ3n) is 4.34. The van der Waals surface area contributed by atoms with Crippen molar-refractivity contribution < 1.29 is 0 Å². The number of guanidine groups is 1. The van der Waals surface area contributed by atoms with Gasteiger partial charge in [0.1, 0.15) is 16.7 Å². The Morgan fingerprint density at radius 3 is 2.88 bits per heavy atom. The van der Waals surface area contributed by atoms with E-state index in [0.717, 1.165) is 54.2 Å². The van der Waals surface area contributed by atoms with E-state index in [1.54, 1.807) is 11.3 Å². The molecule has 3 rings (SSSR count). The van der Waals surface area contributed by atoms with Gasteiger partial charge in [-0.1, -0.05) is 20.8 Å². The van der Waals surface area contributed by atoms with Crippen LogP contribution in [-0.2, 0) is 24.9 Å². The number of aryl methyl sites for hydroxylation is 2. The molecule has 0 aliphatic carbocycles. The number of hydrogen-bond donors (Lipinski definition) is 2. The first kappa shape index (κ1) is 18.8. The summed E-state index contributed by atoms with van der Waals surface area (Å²) in [7, 11) is 0. The summed E-state index contributed by atoms with van der Waals surface area (Å²) < 4.78 is 2.01. The standard InChI is InChI=1S/C18H29N7S/c1-6-19-17(20-9-16-23-14(11-26-16)18(3,4)5)22-13-7-8-15-21-12(2)24-25(15)10-13/h11,13H,6-10H2,1-5H3,(H2,19,20,22). The van der Waals surface area contributed by atoms with Crippen molar-refractivity contribution in [2.75, 3.05) is 6.54 Å². The molecule has 3 heterocycles. The van der Waals surface area contributed by atoms with Gasteiger partial charge in [0, 0.05) is 29.8 Å². The largest absolute Gasteiger partial charge is 0.357 e. The topological polar surface area (TPSA) is 80.0 Å². The van der Waals surface area contributed by atoms with Crippen molar-refractivity contribution in [3.8, 4) is 0 Å². The number of aromatic nitrogens is 4. The molecule has 2 aromatic heterocycles. The lowest BCUT2D eigenvalue weighted by Gasteiger charge is -2.25. The lowest BCUT2D eigenvalue weighted by atomic mass is 9.93. The normalized spacial score (nSPS) is 17.9. The summed E-state index contributed by atoms with van der Waals surface area (Å²) in [6.45, 7) is 12.8. The maximum absolute atomic E-state index is 4.73. The molecule has 0 saturated carbocycles. The van der Waals surface area contributed by atoms with Crippen LogP contribution in [0.25, 0.3) is 0 Å². The molecule has 0 amide bonds. The van der Waals surface area contributed by atoms with Gasteiger partial charge in [0.15, 0.2) is 5.96 Å². The molecule has 0 bridgehead atoms. The minimum absolute atomic E-state index is 0.0803. The molecule has 0 fully saturated rings. The van der Waals surface area contributed by atoms with Crippen molar-refractivity contribution in [3.05, 3.63) is 27.7 Å². The van der Waals surface area contributed by atoms with Gasteiger partial charge in [-0.25, -0.2) is 19.6 Å². The van der Waals surface area contributed by atoms with Gasteiger partial charge in [-0.15, -0.1) is 11.3 Å². The Morgan fingerprint density at radius 1 is 1.38 bits per heavy atom. The summed E-state index contributed by atoms with van der Waals surface area (Å²) in [5.74, 6) is 2.77. The molecular formula is C18H29N7S. The highest BCUT2D eigenvalue weighted by Crippen LogP contribution is 2.24. The van der Waals surface area contributed by atoms with Crippen LogP contribution in [0.2, 0.25) is 0 Å². The van der Waals surface area contributed by atoms with Crippen LogP contribution in [0.5, 0.6) is 0 Å². The summed E-state index contributed by atoms with van der Waals surface area (Å²) in [5, 5.41) is 14.5. The predicted octanol–water partition coefficient (Wildman–Crippen LogP) is 2.41. The zero-order chi connectivity index (χ0) is 18.7.